The largest absolute Gasteiger partial charge is 0.357 e. The zero-order valence-corrected chi connectivity index (χ0v) is 14.0. The Bertz CT molecular complexity index is 419. The average Bonchev–Trinajstić information content (AvgIpc) is 3.01. The minimum absolute atomic E-state index is 0.250. The van der Waals surface area contributed by atoms with Gasteiger partial charge < -0.3 is 15.5 Å². The lowest BCUT2D eigenvalue weighted by Crippen LogP contribution is -2.45. The molecule has 2 atom stereocenters. The Labute approximate surface area is 134 Å². The fourth-order valence-electron chi connectivity index (χ4n) is 3.08. The number of nitrogens with one attached hydrogen (secondary N) is 2. The topological polar surface area (TPSA) is 56.7 Å². The van der Waals surface area contributed by atoms with Gasteiger partial charge in [-0.25, -0.2) is 0 Å². The van der Waals surface area contributed by atoms with Gasteiger partial charge in [-0.15, -0.1) is 0 Å². The highest BCUT2D eigenvalue weighted by Gasteiger charge is 2.25. The molecule has 5 nitrogen and oxygen atoms in total. The Morgan fingerprint density at radius 3 is 2.86 bits per heavy atom. The van der Waals surface area contributed by atoms with E-state index >= 15 is 0 Å². The van der Waals surface area contributed by atoms with Crippen LogP contribution in [-0.2, 0) is 4.79 Å². The first-order valence-electron chi connectivity index (χ1n) is 8.70. The van der Waals surface area contributed by atoms with Crippen LogP contribution in [0.4, 0.5) is 0 Å². The molecule has 2 N–H and O–H groups in total. The number of likely N-dealkylation sites (tertiary alicyclic amines) is 1. The number of aliphatic imine (C=N–C) groups is 1. The van der Waals surface area contributed by atoms with Crippen molar-refractivity contribution < 1.29 is 4.79 Å². The van der Waals surface area contributed by atoms with Crippen molar-refractivity contribution >= 4 is 11.9 Å². The normalized spacial score (nSPS) is 25.4. The molecular weight excluding hydrogens is 276 g/mol. The molecule has 124 valence electrons. The van der Waals surface area contributed by atoms with Gasteiger partial charge in [-0.05, 0) is 38.5 Å². The molecule has 0 bridgehead atoms. The van der Waals surface area contributed by atoms with Gasteiger partial charge in [-0.3, -0.25) is 9.79 Å². The van der Waals surface area contributed by atoms with E-state index in [2.05, 4.69) is 29.7 Å². The number of nitrogens with zero attached hydrogens (tertiary/aromatic N) is 2. The minimum Gasteiger partial charge on any atom is -0.357 e. The number of hydrogen-bond donors (Lipinski definition) is 2. The van der Waals surface area contributed by atoms with Crippen LogP contribution in [0.15, 0.2) is 17.1 Å². The first kappa shape index (κ1) is 16.8. The van der Waals surface area contributed by atoms with Crippen molar-refractivity contribution in [1.29, 1.82) is 0 Å². The van der Waals surface area contributed by atoms with Crippen LogP contribution in [0.3, 0.4) is 0 Å². The molecule has 0 aromatic rings. The van der Waals surface area contributed by atoms with E-state index < -0.39 is 0 Å². The third-order valence-electron chi connectivity index (χ3n) is 4.41. The summed E-state index contributed by atoms with van der Waals surface area (Å²) in [5, 5.41) is 6.82. The highest BCUT2D eigenvalue weighted by Crippen LogP contribution is 2.18. The minimum atomic E-state index is 0.250. The molecule has 2 rings (SSSR count). The van der Waals surface area contributed by atoms with Gasteiger partial charge in [0.15, 0.2) is 5.96 Å². The second-order valence-corrected chi connectivity index (χ2v) is 6.19. The van der Waals surface area contributed by atoms with Crippen molar-refractivity contribution in [1.82, 2.24) is 15.5 Å². The number of amides is 1. The number of carbonyl (C=O) groups excluding carboxylic acids is 1. The Balaban J connectivity index is 1.83. The van der Waals surface area contributed by atoms with E-state index in [1.165, 1.54) is 12.8 Å². The summed E-state index contributed by atoms with van der Waals surface area (Å²) < 4.78 is 0. The molecule has 0 radical (unpaired) electrons. The maximum Gasteiger partial charge on any atom is 0.222 e. The number of allylic oxidation sites excluding steroid dienone is 2. The van der Waals surface area contributed by atoms with Crippen LogP contribution in [0.2, 0.25) is 0 Å². The van der Waals surface area contributed by atoms with Crippen molar-refractivity contribution in [3.63, 3.8) is 0 Å². The molecule has 22 heavy (non-hydrogen) atoms. The molecule has 1 aliphatic heterocycles. The summed E-state index contributed by atoms with van der Waals surface area (Å²) in [7, 11) is 0. The quantitative estimate of drug-likeness (QED) is 0.463. The molecule has 1 aliphatic carbocycles. The van der Waals surface area contributed by atoms with Gasteiger partial charge in [-0.1, -0.05) is 19.1 Å². The Kier molecular flexibility index (Phi) is 6.74. The number of guanidine groups is 1. The number of hydrogen-bond acceptors (Lipinski definition) is 2. The maximum absolute atomic E-state index is 11.7. The summed E-state index contributed by atoms with van der Waals surface area (Å²) in [6.07, 6.45) is 9.70. The fraction of sp³-hybridized carbons (Fsp3) is 0.765. The third-order valence-corrected chi connectivity index (χ3v) is 4.41. The summed E-state index contributed by atoms with van der Waals surface area (Å²) >= 11 is 0. The molecule has 2 aliphatic rings. The Morgan fingerprint density at radius 2 is 2.18 bits per heavy atom. The lowest BCUT2D eigenvalue weighted by atomic mass is 9.95. The van der Waals surface area contributed by atoms with Crippen LogP contribution < -0.4 is 10.6 Å². The molecule has 5 heteroatoms. The molecule has 1 fully saturated rings. The molecule has 0 saturated carbocycles. The van der Waals surface area contributed by atoms with E-state index in [0.29, 0.717) is 18.4 Å². The van der Waals surface area contributed by atoms with E-state index in [1.54, 1.807) is 0 Å². The second-order valence-electron chi connectivity index (χ2n) is 6.19. The first-order chi connectivity index (χ1) is 10.7. The van der Waals surface area contributed by atoms with Gasteiger partial charge in [0.1, 0.15) is 0 Å². The zero-order chi connectivity index (χ0) is 15.8. The van der Waals surface area contributed by atoms with Gasteiger partial charge in [0, 0.05) is 38.6 Å². The van der Waals surface area contributed by atoms with Crippen LogP contribution in [0, 0.1) is 5.92 Å². The van der Waals surface area contributed by atoms with E-state index in [-0.39, 0.29) is 5.91 Å². The highest BCUT2D eigenvalue weighted by atomic mass is 16.2. The second kappa shape index (κ2) is 8.81. The predicted molar refractivity (Wildman–Crippen MR) is 90.9 cm³/mol. The van der Waals surface area contributed by atoms with Crippen molar-refractivity contribution in [3.05, 3.63) is 12.2 Å². The van der Waals surface area contributed by atoms with E-state index in [1.807, 2.05) is 11.8 Å². The molecular formula is C17H30N4O. The summed E-state index contributed by atoms with van der Waals surface area (Å²) in [6.45, 7) is 7.40. The first-order valence-corrected chi connectivity index (χ1v) is 8.70. The van der Waals surface area contributed by atoms with Gasteiger partial charge in [-0.2, -0.15) is 0 Å². The van der Waals surface area contributed by atoms with Crippen LogP contribution in [0.5, 0.6) is 0 Å². The lowest BCUT2D eigenvalue weighted by molar-refractivity contribution is -0.129. The molecule has 1 heterocycles. The van der Waals surface area contributed by atoms with Crippen LogP contribution in [0.25, 0.3) is 0 Å². The molecule has 2 unspecified atom stereocenters. The van der Waals surface area contributed by atoms with Crippen LogP contribution in [-0.4, -0.2) is 49.0 Å². The SMILES string of the molecule is CCNC(=NCC1CC=CCC1)NC1CCN(C(=O)CC)C1. The van der Waals surface area contributed by atoms with E-state index in [9.17, 15) is 4.79 Å². The molecule has 0 spiro atoms. The molecule has 1 saturated heterocycles. The van der Waals surface area contributed by atoms with Crippen molar-refractivity contribution in [2.75, 3.05) is 26.2 Å². The van der Waals surface area contributed by atoms with Crippen LogP contribution in [0.1, 0.15) is 46.0 Å². The smallest absolute Gasteiger partial charge is 0.222 e. The van der Waals surface area contributed by atoms with Crippen molar-refractivity contribution in [2.24, 2.45) is 10.9 Å². The number of rotatable bonds is 5. The van der Waals surface area contributed by atoms with E-state index in [0.717, 1.165) is 45.0 Å². The van der Waals surface area contributed by atoms with Gasteiger partial charge >= 0.3 is 0 Å². The highest BCUT2D eigenvalue weighted by molar-refractivity contribution is 5.80. The summed E-state index contributed by atoms with van der Waals surface area (Å²) in [6, 6.07) is 0.319. The molecule has 0 aromatic heterocycles. The van der Waals surface area contributed by atoms with E-state index in [4.69, 9.17) is 4.99 Å². The zero-order valence-electron chi connectivity index (χ0n) is 14.0. The molecule has 0 aromatic carbocycles. The van der Waals surface area contributed by atoms with Crippen molar-refractivity contribution in [3.8, 4) is 0 Å². The summed E-state index contributed by atoms with van der Waals surface area (Å²) in [4.78, 5) is 18.4. The van der Waals surface area contributed by atoms with Gasteiger partial charge in [0.2, 0.25) is 5.91 Å². The van der Waals surface area contributed by atoms with Gasteiger partial charge in [0.05, 0.1) is 0 Å². The monoisotopic (exact) mass is 306 g/mol. The fourth-order valence-corrected chi connectivity index (χ4v) is 3.08. The Hall–Kier alpha value is -1.52. The van der Waals surface area contributed by atoms with Crippen molar-refractivity contribution in [2.45, 2.75) is 52.0 Å². The summed E-state index contributed by atoms with van der Waals surface area (Å²) in [5.41, 5.74) is 0. The lowest BCUT2D eigenvalue weighted by Gasteiger charge is -2.20. The Morgan fingerprint density at radius 1 is 1.32 bits per heavy atom. The molecule has 1 amide bonds. The summed E-state index contributed by atoms with van der Waals surface area (Å²) in [5.74, 6) is 1.82. The third kappa shape index (κ3) is 5.04. The maximum atomic E-state index is 11.7. The average molecular weight is 306 g/mol. The van der Waals surface area contributed by atoms with Crippen LogP contribution >= 0.6 is 0 Å². The predicted octanol–water partition coefficient (Wildman–Crippen LogP) is 1.91. The van der Waals surface area contributed by atoms with Gasteiger partial charge in [0.25, 0.3) is 0 Å². The number of carbonyl (C=O) groups is 1. The standard InChI is InChI=1S/C17H30N4O/c1-3-16(22)21-11-10-15(13-21)20-17(18-4-2)19-12-14-8-6-5-7-9-14/h5-6,14-15H,3-4,7-13H2,1-2H3,(H2,18,19,20).